The lowest BCUT2D eigenvalue weighted by Crippen LogP contribution is -2.05. The molecule has 0 saturated heterocycles. The van der Waals surface area contributed by atoms with Gasteiger partial charge in [0, 0.05) is 40.8 Å². The fourth-order valence-corrected chi connectivity index (χ4v) is 2.68. The number of Topliss-reactive ketones (excluding diaryl/α,β-unsaturated/α-hetero) is 1. The minimum atomic E-state index is -0.418. The third-order valence-corrected chi connectivity index (χ3v) is 4.44. The Balaban J connectivity index is 1.76. The second-order valence-corrected chi connectivity index (χ2v) is 6.66. The van der Waals surface area contributed by atoms with E-state index in [1.807, 2.05) is 33.0 Å². The zero-order valence-electron chi connectivity index (χ0n) is 14.6. The lowest BCUT2D eigenvalue weighted by molar-refractivity contribution is -0.137. The number of ether oxygens (including phenoxy) is 1. The molecule has 1 aromatic heterocycles. The zero-order chi connectivity index (χ0) is 18.4. The Hall–Kier alpha value is -2.21. The van der Waals surface area contributed by atoms with Gasteiger partial charge in [0.15, 0.2) is 5.78 Å². The van der Waals surface area contributed by atoms with Crippen LogP contribution in [0, 0.1) is 13.8 Å². The third-order valence-electron chi connectivity index (χ3n) is 3.91. The van der Waals surface area contributed by atoms with Gasteiger partial charge in [-0.2, -0.15) is 5.10 Å². The van der Waals surface area contributed by atoms with Crippen LogP contribution < -0.4 is 0 Å². The molecule has 0 unspecified atom stereocenters. The number of hydrogen-bond acceptors (Lipinski definition) is 4. The summed E-state index contributed by atoms with van der Waals surface area (Å²) in [6.45, 7) is 4.06. The van der Waals surface area contributed by atoms with Crippen LogP contribution in [0.5, 0.6) is 0 Å². The number of nitrogens with zero attached hydrogens (tertiary/aromatic N) is 2. The number of esters is 1. The lowest BCUT2D eigenvalue weighted by atomic mass is 10.1. The molecule has 6 heteroatoms. The van der Waals surface area contributed by atoms with Crippen LogP contribution in [0.15, 0.2) is 34.8 Å². The van der Waals surface area contributed by atoms with Crippen LogP contribution >= 0.6 is 15.9 Å². The molecule has 2 aromatic rings. The van der Waals surface area contributed by atoms with Gasteiger partial charge in [0.25, 0.3) is 0 Å². The van der Waals surface area contributed by atoms with Gasteiger partial charge in [-0.3, -0.25) is 9.48 Å². The molecule has 2 rings (SSSR count). The molecule has 0 aliphatic carbocycles. The maximum atomic E-state index is 12.0. The Kier molecular flexibility index (Phi) is 6.70. The van der Waals surface area contributed by atoms with Crippen LogP contribution in [-0.4, -0.2) is 28.1 Å². The van der Waals surface area contributed by atoms with Gasteiger partial charge in [-0.15, -0.1) is 0 Å². The van der Waals surface area contributed by atoms with E-state index in [9.17, 15) is 9.59 Å². The fourth-order valence-electron chi connectivity index (χ4n) is 2.42. The number of aryl methyl sites for hydroxylation is 2. The first-order valence-electron chi connectivity index (χ1n) is 8.02. The summed E-state index contributed by atoms with van der Waals surface area (Å²) >= 11 is 3.34. The Morgan fingerprint density at radius 3 is 2.52 bits per heavy atom. The van der Waals surface area contributed by atoms with Gasteiger partial charge in [0.2, 0.25) is 0 Å². The zero-order valence-corrected chi connectivity index (χ0v) is 16.2. The van der Waals surface area contributed by atoms with Crippen LogP contribution in [0.3, 0.4) is 0 Å². The molecule has 0 spiro atoms. The summed E-state index contributed by atoms with van der Waals surface area (Å²) in [4.78, 5) is 23.8. The van der Waals surface area contributed by atoms with Crippen molar-refractivity contribution in [1.82, 2.24) is 9.78 Å². The lowest BCUT2D eigenvalue weighted by Gasteiger charge is -2.03. The number of carbonyl (C=O) groups is 2. The Morgan fingerprint density at radius 1 is 1.24 bits per heavy atom. The van der Waals surface area contributed by atoms with E-state index >= 15 is 0 Å². The maximum Gasteiger partial charge on any atom is 0.330 e. The van der Waals surface area contributed by atoms with Gasteiger partial charge in [-0.05, 0) is 38.5 Å². The molecule has 0 bridgehead atoms. The van der Waals surface area contributed by atoms with Gasteiger partial charge < -0.3 is 4.74 Å². The highest BCUT2D eigenvalue weighted by Crippen LogP contribution is 2.14. The van der Waals surface area contributed by atoms with E-state index in [-0.39, 0.29) is 12.4 Å². The van der Waals surface area contributed by atoms with E-state index in [0.29, 0.717) is 18.4 Å². The van der Waals surface area contributed by atoms with E-state index in [0.717, 1.165) is 21.4 Å². The topological polar surface area (TPSA) is 61.2 Å². The van der Waals surface area contributed by atoms with Gasteiger partial charge in [0.1, 0.15) is 0 Å². The largest absolute Gasteiger partial charge is 0.463 e. The highest BCUT2D eigenvalue weighted by molar-refractivity contribution is 9.10. The molecule has 25 heavy (non-hydrogen) atoms. The van der Waals surface area contributed by atoms with Crippen LogP contribution in [0.4, 0.5) is 0 Å². The minimum Gasteiger partial charge on any atom is -0.463 e. The van der Waals surface area contributed by atoms with Gasteiger partial charge in [-0.25, -0.2) is 4.79 Å². The normalized spacial score (nSPS) is 11.0. The molecule has 1 heterocycles. The molecule has 0 aliphatic heterocycles. The van der Waals surface area contributed by atoms with Crippen molar-refractivity contribution in [3.8, 4) is 0 Å². The first-order chi connectivity index (χ1) is 11.9. The second kappa shape index (κ2) is 8.76. The number of ketones is 1. The quantitative estimate of drug-likeness (QED) is 0.302. The average Bonchev–Trinajstić information content (AvgIpc) is 2.82. The summed E-state index contributed by atoms with van der Waals surface area (Å²) < 4.78 is 7.85. The molecule has 0 saturated carbocycles. The summed E-state index contributed by atoms with van der Waals surface area (Å²) in [7, 11) is 1.86. The summed E-state index contributed by atoms with van der Waals surface area (Å²) in [5, 5.41) is 4.29. The first kappa shape index (κ1) is 19.1. The van der Waals surface area contributed by atoms with Crippen LogP contribution in [0.1, 0.15) is 40.2 Å². The smallest absolute Gasteiger partial charge is 0.330 e. The molecule has 1 aromatic carbocycles. The summed E-state index contributed by atoms with van der Waals surface area (Å²) in [6, 6.07) is 7.22. The predicted octanol–water partition coefficient (Wildman–Crippen LogP) is 4.02. The van der Waals surface area contributed by atoms with Crippen molar-refractivity contribution >= 4 is 33.8 Å². The Morgan fingerprint density at radius 2 is 1.92 bits per heavy atom. The van der Waals surface area contributed by atoms with Crippen molar-refractivity contribution in [1.29, 1.82) is 0 Å². The monoisotopic (exact) mass is 404 g/mol. The van der Waals surface area contributed by atoms with Crippen molar-refractivity contribution in [2.24, 2.45) is 7.05 Å². The van der Waals surface area contributed by atoms with Crippen LogP contribution in [0.25, 0.3) is 6.08 Å². The Bertz CT molecular complexity index is 792. The van der Waals surface area contributed by atoms with Crippen molar-refractivity contribution in [2.75, 3.05) is 6.61 Å². The molecule has 0 aliphatic rings. The van der Waals surface area contributed by atoms with Crippen LogP contribution in [-0.2, 0) is 16.6 Å². The van der Waals surface area contributed by atoms with Crippen molar-refractivity contribution in [3.05, 3.63) is 57.3 Å². The Labute approximate surface area is 155 Å². The molecule has 0 N–H and O–H groups in total. The third kappa shape index (κ3) is 5.39. The summed E-state index contributed by atoms with van der Waals surface area (Å²) in [5.74, 6) is -0.376. The first-order valence-corrected chi connectivity index (χ1v) is 8.81. The number of rotatable bonds is 7. The summed E-state index contributed by atoms with van der Waals surface area (Å²) in [6.07, 6.45) is 3.96. The standard InChI is InChI=1S/C19H21BrN2O3/c1-13-17(14(2)22(3)21-13)10-11-19(24)25-12-4-5-18(23)15-6-8-16(20)9-7-15/h6-11H,4-5,12H2,1-3H3/b11-10+. The molecule has 0 amide bonds. The van der Waals surface area contributed by atoms with Crippen molar-refractivity contribution in [2.45, 2.75) is 26.7 Å². The molecular formula is C19H21BrN2O3. The van der Waals surface area contributed by atoms with Crippen molar-refractivity contribution < 1.29 is 14.3 Å². The molecule has 0 radical (unpaired) electrons. The van der Waals surface area contributed by atoms with Gasteiger partial charge in [-0.1, -0.05) is 28.1 Å². The number of carbonyl (C=O) groups excluding carboxylic acids is 2. The van der Waals surface area contributed by atoms with E-state index in [2.05, 4.69) is 21.0 Å². The van der Waals surface area contributed by atoms with Crippen molar-refractivity contribution in [3.63, 3.8) is 0 Å². The average molecular weight is 405 g/mol. The molecule has 0 atom stereocenters. The number of hydrogen-bond donors (Lipinski definition) is 0. The molecular weight excluding hydrogens is 384 g/mol. The van der Waals surface area contributed by atoms with E-state index in [1.54, 1.807) is 22.9 Å². The number of halogens is 1. The molecule has 132 valence electrons. The minimum absolute atomic E-state index is 0.0423. The van der Waals surface area contributed by atoms with E-state index in [4.69, 9.17) is 4.74 Å². The highest BCUT2D eigenvalue weighted by Gasteiger charge is 2.08. The van der Waals surface area contributed by atoms with Gasteiger partial charge in [0.05, 0.1) is 12.3 Å². The van der Waals surface area contributed by atoms with E-state index in [1.165, 1.54) is 6.08 Å². The maximum absolute atomic E-state index is 12.0. The molecule has 0 fully saturated rings. The predicted molar refractivity (Wildman–Crippen MR) is 100 cm³/mol. The fraction of sp³-hybridized carbons (Fsp3) is 0.316. The highest BCUT2D eigenvalue weighted by atomic mass is 79.9. The van der Waals surface area contributed by atoms with Gasteiger partial charge >= 0.3 is 5.97 Å². The summed E-state index contributed by atoms with van der Waals surface area (Å²) in [5.41, 5.74) is 3.44. The number of benzene rings is 1. The molecule has 5 nitrogen and oxygen atoms in total. The van der Waals surface area contributed by atoms with E-state index < -0.39 is 5.97 Å². The second-order valence-electron chi connectivity index (χ2n) is 5.74. The SMILES string of the molecule is Cc1nn(C)c(C)c1/C=C/C(=O)OCCCC(=O)c1ccc(Br)cc1. The number of aromatic nitrogens is 2. The van der Waals surface area contributed by atoms with Crippen LogP contribution in [0.2, 0.25) is 0 Å².